The van der Waals surface area contributed by atoms with E-state index in [-0.39, 0.29) is 6.10 Å². The van der Waals surface area contributed by atoms with Gasteiger partial charge in [-0.25, -0.2) is 9.67 Å². The van der Waals surface area contributed by atoms with E-state index in [1.165, 1.54) is 6.33 Å². The van der Waals surface area contributed by atoms with Crippen LogP contribution >= 0.6 is 23.2 Å². The number of hydrogen-bond donors (Lipinski definition) is 0. The molecule has 30 heavy (non-hydrogen) atoms. The molecular formula is C21H21Cl2N3O4. The van der Waals surface area contributed by atoms with Crippen molar-refractivity contribution < 1.29 is 18.9 Å². The quantitative estimate of drug-likeness (QED) is 0.515. The molecule has 2 unspecified atom stereocenters. The second kappa shape index (κ2) is 9.32. The van der Waals surface area contributed by atoms with Crippen molar-refractivity contribution in [1.29, 1.82) is 0 Å². The Morgan fingerprint density at radius 3 is 2.73 bits per heavy atom. The van der Waals surface area contributed by atoms with Gasteiger partial charge in [0.1, 0.15) is 31.1 Å². The summed E-state index contributed by atoms with van der Waals surface area (Å²) in [6.07, 6.45) is 2.80. The van der Waals surface area contributed by atoms with Gasteiger partial charge >= 0.3 is 0 Å². The Labute approximate surface area is 184 Å². The fourth-order valence-electron chi connectivity index (χ4n) is 3.31. The lowest BCUT2D eigenvalue weighted by Crippen LogP contribution is -2.34. The molecule has 4 rings (SSSR count). The van der Waals surface area contributed by atoms with E-state index < -0.39 is 5.79 Å². The predicted octanol–water partition coefficient (Wildman–Crippen LogP) is 4.08. The number of ether oxygens (including phenoxy) is 4. The van der Waals surface area contributed by atoms with Crippen LogP contribution in [0.3, 0.4) is 0 Å². The third-order valence-electron chi connectivity index (χ3n) is 4.77. The first-order valence-corrected chi connectivity index (χ1v) is 10.1. The number of hydrogen-bond acceptors (Lipinski definition) is 6. The second-order valence-electron chi connectivity index (χ2n) is 6.88. The van der Waals surface area contributed by atoms with E-state index in [0.717, 1.165) is 11.3 Å². The summed E-state index contributed by atoms with van der Waals surface area (Å²) in [5.41, 5.74) is 1.73. The van der Waals surface area contributed by atoms with Gasteiger partial charge in [0.2, 0.25) is 5.79 Å². The molecule has 7 nitrogen and oxygen atoms in total. The van der Waals surface area contributed by atoms with Crippen LogP contribution in [0.2, 0.25) is 10.0 Å². The highest BCUT2D eigenvalue weighted by atomic mass is 35.5. The number of rotatable bonds is 8. The van der Waals surface area contributed by atoms with Crippen LogP contribution in [0.15, 0.2) is 55.1 Å². The first kappa shape index (κ1) is 21.1. The average Bonchev–Trinajstić information content (AvgIpc) is 3.39. The fourth-order valence-corrected chi connectivity index (χ4v) is 3.86. The molecule has 9 heteroatoms. The molecule has 0 bridgehead atoms. The van der Waals surface area contributed by atoms with Gasteiger partial charge in [0.05, 0.1) is 32.0 Å². The summed E-state index contributed by atoms with van der Waals surface area (Å²) in [6, 6.07) is 13.0. The maximum Gasteiger partial charge on any atom is 0.217 e. The highest BCUT2D eigenvalue weighted by Crippen LogP contribution is 2.40. The lowest BCUT2D eigenvalue weighted by molar-refractivity contribution is -0.193. The van der Waals surface area contributed by atoms with E-state index in [1.54, 1.807) is 30.3 Å². The van der Waals surface area contributed by atoms with Crippen molar-refractivity contribution in [2.45, 2.75) is 25.0 Å². The molecule has 1 saturated heterocycles. The molecule has 0 amide bonds. The number of halogens is 2. The SMILES string of the molecule is COc1ccc(COCC2COC(Cn3cncn3)(c3ccc(Cl)cc3Cl)O2)cc1. The van der Waals surface area contributed by atoms with Crippen molar-refractivity contribution in [2.24, 2.45) is 0 Å². The number of aromatic nitrogens is 3. The normalized spacial score (nSPS) is 21.1. The van der Waals surface area contributed by atoms with Crippen molar-refractivity contribution in [3.05, 3.63) is 76.3 Å². The van der Waals surface area contributed by atoms with E-state index in [4.69, 9.17) is 42.1 Å². The van der Waals surface area contributed by atoms with Gasteiger partial charge in [-0.05, 0) is 29.8 Å². The monoisotopic (exact) mass is 449 g/mol. The summed E-state index contributed by atoms with van der Waals surface area (Å²) < 4.78 is 25.1. The molecule has 1 fully saturated rings. The molecule has 158 valence electrons. The van der Waals surface area contributed by atoms with Crippen LogP contribution in [0.1, 0.15) is 11.1 Å². The van der Waals surface area contributed by atoms with Crippen LogP contribution in [-0.4, -0.2) is 41.2 Å². The minimum absolute atomic E-state index is 0.265. The van der Waals surface area contributed by atoms with Gasteiger partial charge in [-0.2, -0.15) is 5.10 Å². The van der Waals surface area contributed by atoms with Gasteiger partial charge in [0, 0.05) is 10.6 Å². The summed E-state index contributed by atoms with van der Waals surface area (Å²) in [6.45, 7) is 1.48. The smallest absolute Gasteiger partial charge is 0.217 e. The summed E-state index contributed by atoms with van der Waals surface area (Å²) in [4.78, 5) is 3.99. The van der Waals surface area contributed by atoms with E-state index >= 15 is 0 Å². The van der Waals surface area contributed by atoms with E-state index in [1.807, 2.05) is 30.3 Å². The molecule has 0 N–H and O–H groups in total. The molecule has 1 aliphatic rings. The van der Waals surface area contributed by atoms with Gasteiger partial charge in [0.15, 0.2) is 0 Å². The zero-order valence-electron chi connectivity index (χ0n) is 16.3. The third-order valence-corrected chi connectivity index (χ3v) is 5.32. The van der Waals surface area contributed by atoms with Crippen molar-refractivity contribution in [3.8, 4) is 5.75 Å². The minimum Gasteiger partial charge on any atom is -0.497 e. The molecule has 2 heterocycles. The van der Waals surface area contributed by atoms with Gasteiger partial charge in [-0.15, -0.1) is 0 Å². The van der Waals surface area contributed by atoms with Crippen LogP contribution in [0.25, 0.3) is 0 Å². The molecule has 2 atom stereocenters. The van der Waals surface area contributed by atoms with Crippen molar-refractivity contribution in [1.82, 2.24) is 14.8 Å². The largest absolute Gasteiger partial charge is 0.497 e. The molecule has 1 aromatic heterocycles. The van der Waals surface area contributed by atoms with Crippen LogP contribution < -0.4 is 4.74 Å². The van der Waals surface area contributed by atoms with E-state index in [9.17, 15) is 0 Å². The van der Waals surface area contributed by atoms with Gasteiger partial charge in [0.25, 0.3) is 0 Å². The number of methoxy groups -OCH3 is 1. The lowest BCUT2D eigenvalue weighted by atomic mass is 10.1. The number of nitrogens with zero attached hydrogens (tertiary/aromatic N) is 3. The molecule has 0 aliphatic carbocycles. The van der Waals surface area contributed by atoms with Crippen molar-refractivity contribution in [3.63, 3.8) is 0 Å². The molecule has 3 aromatic rings. The summed E-state index contributed by atoms with van der Waals surface area (Å²) in [7, 11) is 1.64. The molecule has 2 aromatic carbocycles. The Kier molecular flexibility index (Phi) is 6.55. The Balaban J connectivity index is 1.44. The van der Waals surface area contributed by atoms with Crippen molar-refractivity contribution in [2.75, 3.05) is 20.3 Å². The third kappa shape index (κ3) is 4.77. The molecule has 0 spiro atoms. The standard InChI is InChI=1S/C21H21Cl2N3O4/c1-27-17-5-2-15(3-6-17)9-28-10-18-11-29-21(30-18,12-26-14-24-13-25-26)19-7-4-16(22)8-20(19)23/h2-8,13-14,18H,9-12H2,1H3. The van der Waals surface area contributed by atoms with Gasteiger partial charge in [-0.3, -0.25) is 0 Å². The number of benzene rings is 2. The average molecular weight is 450 g/mol. The maximum absolute atomic E-state index is 6.46. The predicted molar refractivity (Wildman–Crippen MR) is 112 cm³/mol. The molecule has 1 aliphatic heterocycles. The Bertz CT molecular complexity index is 969. The first-order chi connectivity index (χ1) is 14.6. The lowest BCUT2D eigenvalue weighted by Gasteiger charge is -2.29. The molecule has 0 saturated carbocycles. The highest BCUT2D eigenvalue weighted by molar-refractivity contribution is 6.35. The van der Waals surface area contributed by atoms with Crippen LogP contribution in [0.5, 0.6) is 5.75 Å². The highest BCUT2D eigenvalue weighted by Gasteiger charge is 2.45. The topological polar surface area (TPSA) is 67.6 Å². The first-order valence-electron chi connectivity index (χ1n) is 9.38. The summed E-state index contributed by atoms with van der Waals surface area (Å²) in [5, 5.41) is 5.17. The van der Waals surface area contributed by atoms with E-state index in [2.05, 4.69) is 10.1 Å². The summed E-state index contributed by atoms with van der Waals surface area (Å²) in [5.74, 6) is -0.298. The Morgan fingerprint density at radius 1 is 1.20 bits per heavy atom. The zero-order chi connectivity index (χ0) is 21.0. The molecule has 0 radical (unpaired) electrons. The zero-order valence-corrected chi connectivity index (χ0v) is 17.8. The van der Waals surface area contributed by atoms with Crippen LogP contribution in [-0.2, 0) is 33.1 Å². The van der Waals surface area contributed by atoms with Crippen LogP contribution in [0, 0.1) is 0 Å². The van der Waals surface area contributed by atoms with E-state index in [0.29, 0.717) is 42.0 Å². The Morgan fingerprint density at radius 2 is 2.03 bits per heavy atom. The minimum atomic E-state index is -1.11. The van der Waals surface area contributed by atoms with Gasteiger partial charge < -0.3 is 18.9 Å². The summed E-state index contributed by atoms with van der Waals surface area (Å²) >= 11 is 12.5. The van der Waals surface area contributed by atoms with Crippen LogP contribution in [0.4, 0.5) is 0 Å². The molecular weight excluding hydrogens is 429 g/mol. The Hall–Kier alpha value is -2.16. The van der Waals surface area contributed by atoms with Crippen molar-refractivity contribution >= 4 is 23.2 Å². The second-order valence-corrected chi connectivity index (χ2v) is 7.73. The van der Waals surface area contributed by atoms with Gasteiger partial charge in [-0.1, -0.05) is 41.4 Å². The maximum atomic E-state index is 6.46. The fraction of sp³-hybridized carbons (Fsp3) is 0.333.